The Balaban J connectivity index is 0.00000176. The standard InChI is InChI=1S/C12H16F3N5O.ClH/c13-12(14,15)11-18-17-9-7-19(5-6-20(9)11)10(21)8-3-1-2-4-16-8;/h8,16H,1-7H2;1H. The Hall–Kier alpha value is -1.35. The number of hydrogen-bond donors (Lipinski definition) is 1. The van der Waals surface area contributed by atoms with Crippen LogP contribution in [0.15, 0.2) is 0 Å². The summed E-state index contributed by atoms with van der Waals surface area (Å²) < 4.78 is 39.3. The molecule has 0 saturated carbocycles. The predicted octanol–water partition coefficient (Wildman–Crippen LogP) is 1.20. The average molecular weight is 340 g/mol. The molecule has 1 aromatic rings. The molecule has 10 heteroatoms. The van der Waals surface area contributed by atoms with Crippen LogP contribution in [-0.2, 0) is 24.1 Å². The highest BCUT2D eigenvalue weighted by atomic mass is 35.5. The minimum Gasteiger partial charge on any atom is -0.332 e. The normalized spacial score (nSPS) is 22.0. The molecule has 3 rings (SSSR count). The van der Waals surface area contributed by atoms with E-state index in [-0.39, 0.29) is 49.8 Å². The number of rotatable bonds is 1. The van der Waals surface area contributed by atoms with Gasteiger partial charge in [-0.15, -0.1) is 22.6 Å². The summed E-state index contributed by atoms with van der Waals surface area (Å²) in [5, 5.41) is 9.94. The molecule has 1 aromatic heterocycles. The lowest BCUT2D eigenvalue weighted by Gasteiger charge is -2.32. The highest BCUT2D eigenvalue weighted by Crippen LogP contribution is 2.29. The lowest BCUT2D eigenvalue weighted by atomic mass is 10.0. The van der Waals surface area contributed by atoms with Crippen molar-refractivity contribution in [2.24, 2.45) is 0 Å². The lowest BCUT2D eigenvalue weighted by molar-refractivity contribution is -0.148. The third-order valence-electron chi connectivity index (χ3n) is 3.93. The summed E-state index contributed by atoms with van der Waals surface area (Å²) in [4.78, 5) is 13.9. The second kappa shape index (κ2) is 6.41. The predicted molar refractivity (Wildman–Crippen MR) is 73.3 cm³/mol. The van der Waals surface area contributed by atoms with Crippen molar-refractivity contribution >= 4 is 18.3 Å². The van der Waals surface area contributed by atoms with Crippen LogP contribution in [0.4, 0.5) is 13.2 Å². The maximum absolute atomic E-state index is 12.7. The molecule has 124 valence electrons. The number of aromatic nitrogens is 3. The van der Waals surface area contributed by atoms with Gasteiger partial charge in [-0.1, -0.05) is 6.42 Å². The first-order chi connectivity index (χ1) is 9.97. The fourth-order valence-electron chi connectivity index (χ4n) is 2.84. The summed E-state index contributed by atoms with van der Waals surface area (Å²) in [7, 11) is 0. The topological polar surface area (TPSA) is 63.1 Å². The summed E-state index contributed by atoms with van der Waals surface area (Å²) in [5.74, 6) is -0.851. The van der Waals surface area contributed by atoms with E-state index in [0.29, 0.717) is 0 Å². The molecule has 1 fully saturated rings. The summed E-state index contributed by atoms with van der Waals surface area (Å²) in [5.41, 5.74) is 0. The number of amides is 1. The average Bonchev–Trinajstić information content (AvgIpc) is 2.90. The fourth-order valence-corrected chi connectivity index (χ4v) is 2.84. The SMILES string of the molecule is Cl.O=C(C1CCCCN1)N1CCn2c(nnc2C(F)(F)F)C1. The first-order valence-electron chi connectivity index (χ1n) is 6.98. The van der Waals surface area contributed by atoms with Gasteiger partial charge in [0.15, 0.2) is 5.82 Å². The molecule has 0 aromatic carbocycles. The van der Waals surface area contributed by atoms with Crippen molar-refractivity contribution in [2.45, 2.75) is 44.6 Å². The van der Waals surface area contributed by atoms with E-state index in [1.165, 1.54) is 0 Å². The quantitative estimate of drug-likeness (QED) is 0.835. The number of fused-ring (bicyclic) bond motifs is 1. The number of alkyl halides is 3. The Morgan fingerprint density at radius 1 is 1.23 bits per heavy atom. The Bertz CT molecular complexity index is 541. The zero-order valence-corrected chi connectivity index (χ0v) is 12.6. The van der Waals surface area contributed by atoms with E-state index in [4.69, 9.17) is 0 Å². The van der Waals surface area contributed by atoms with Crippen molar-refractivity contribution in [3.8, 4) is 0 Å². The zero-order chi connectivity index (χ0) is 15.0. The van der Waals surface area contributed by atoms with Crippen molar-refractivity contribution in [3.05, 3.63) is 11.6 Å². The Kier molecular flexibility index (Phi) is 4.96. The van der Waals surface area contributed by atoms with E-state index < -0.39 is 12.0 Å². The van der Waals surface area contributed by atoms with Gasteiger partial charge in [-0.05, 0) is 19.4 Å². The largest absolute Gasteiger partial charge is 0.451 e. The van der Waals surface area contributed by atoms with Gasteiger partial charge < -0.3 is 14.8 Å². The molecule has 1 unspecified atom stereocenters. The second-order valence-electron chi connectivity index (χ2n) is 5.35. The van der Waals surface area contributed by atoms with Gasteiger partial charge in [0.2, 0.25) is 11.7 Å². The summed E-state index contributed by atoms with van der Waals surface area (Å²) in [6, 6.07) is -0.227. The molecule has 22 heavy (non-hydrogen) atoms. The highest BCUT2D eigenvalue weighted by Gasteiger charge is 2.40. The molecule has 1 N–H and O–H groups in total. The molecular weight excluding hydrogens is 323 g/mol. The Labute approximate surface area is 131 Å². The molecule has 1 amide bonds. The molecule has 2 aliphatic rings. The van der Waals surface area contributed by atoms with Crippen LogP contribution in [0.3, 0.4) is 0 Å². The monoisotopic (exact) mass is 339 g/mol. The molecule has 6 nitrogen and oxygen atoms in total. The van der Waals surface area contributed by atoms with E-state index in [0.717, 1.165) is 30.4 Å². The van der Waals surface area contributed by atoms with E-state index in [1.54, 1.807) is 4.90 Å². The first kappa shape index (κ1) is 17.0. The molecule has 0 bridgehead atoms. The molecule has 1 atom stereocenters. The molecule has 0 radical (unpaired) electrons. The number of carbonyl (C=O) groups is 1. The van der Waals surface area contributed by atoms with Crippen LogP contribution in [0.2, 0.25) is 0 Å². The molecule has 2 aliphatic heterocycles. The number of hydrogen-bond acceptors (Lipinski definition) is 4. The second-order valence-corrected chi connectivity index (χ2v) is 5.35. The summed E-state index contributed by atoms with van der Waals surface area (Å²) >= 11 is 0. The van der Waals surface area contributed by atoms with Crippen molar-refractivity contribution in [3.63, 3.8) is 0 Å². The van der Waals surface area contributed by atoms with E-state index >= 15 is 0 Å². The van der Waals surface area contributed by atoms with Crippen molar-refractivity contribution < 1.29 is 18.0 Å². The molecule has 0 spiro atoms. The number of nitrogens with one attached hydrogen (secondary N) is 1. The van der Waals surface area contributed by atoms with Gasteiger partial charge in [0, 0.05) is 13.1 Å². The number of carbonyl (C=O) groups excluding carboxylic acids is 1. The first-order valence-corrected chi connectivity index (χ1v) is 6.98. The lowest BCUT2D eigenvalue weighted by Crippen LogP contribution is -2.50. The van der Waals surface area contributed by atoms with Crippen LogP contribution in [0.25, 0.3) is 0 Å². The van der Waals surface area contributed by atoms with Gasteiger partial charge in [0.05, 0.1) is 12.6 Å². The van der Waals surface area contributed by atoms with Crippen LogP contribution < -0.4 is 5.32 Å². The van der Waals surface area contributed by atoms with Crippen molar-refractivity contribution in [1.82, 2.24) is 25.0 Å². The van der Waals surface area contributed by atoms with Gasteiger partial charge in [0.1, 0.15) is 0 Å². The van der Waals surface area contributed by atoms with Gasteiger partial charge in [-0.2, -0.15) is 13.2 Å². The third kappa shape index (κ3) is 3.19. The van der Waals surface area contributed by atoms with Crippen molar-refractivity contribution in [2.75, 3.05) is 13.1 Å². The Morgan fingerprint density at radius 3 is 2.64 bits per heavy atom. The Morgan fingerprint density at radius 2 is 2.00 bits per heavy atom. The van der Waals surface area contributed by atoms with Crippen LogP contribution in [0.1, 0.15) is 30.9 Å². The minimum atomic E-state index is -4.51. The number of piperidine rings is 1. The van der Waals surface area contributed by atoms with Crippen molar-refractivity contribution in [1.29, 1.82) is 0 Å². The number of nitrogens with zero attached hydrogens (tertiary/aromatic N) is 4. The van der Waals surface area contributed by atoms with Gasteiger partial charge in [-0.3, -0.25) is 4.79 Å². The van der Waals surface area contributed by atoms with Gasteiger partial charge >= 0.3 is 6.18 Å². The highest BCUT2D eigenvalue weighted by molar-refractivity contribution is 5.85. The zero-order valence-electron chi connectivity index (χ0n) is 11.8. The maximum Gasteiger partial charge on any atom is 0.451 e. The van der Waals surface area contributed by atoms with Gasteiger partial charge in [-0.25, -0.2) is 0 Å². The van der Waals surface area contributed by atoms with Crippen LogP contribution in [-0.4, -0.2) is 44.7 Å². The molecule has 3 heterocycles. The summed E-state index contributed by atoms with van der Waals surface area (Å²) in [6.45, 7) is 1.22. The smallest absolute Gasteiger partial charge is 0.332 e. The third-order valence-corrected chi connectivity index (χ3v) is 3.93. The van der Waals surface area contributed by atoms with Gasteiger partial charge in [0.25, 0.3) is 0 Å². The van der Waals surface area contributed by atoms with E-state index in [9.17, 15) is 18.0 Å². The molecule has 1 saturated heterocycles. The number of halogens is 4. The van der Waals surface area contributed by atoms with Crippen LogP contribution in [0, 0.1) is 0 Å². The molecular formula is C12H17ClF3N5O. The summed E-state index contributed by atoms with van der Waals surface area (Å²) in [6.07, 6.45) is -1.70. The molecule has 0 aliphatic carbocycles. The fraction of sp³-hybridized carbons (Fsp3) is 0.750. The van der Waals surface area contributed by atoms with Crippen LogP contribution >= 0.6 is 12.4 Å². The van der Waals surface area contributed by atoms with E-state index in [2.05, 4.69) is 15.5 Å². The minimum absolute atomic E-state index is 0. The maximum atomic E-state index is 12.7. The van der Waals surface area contributed by atoms with Crippen LogP contribution in [0.5, 0.6) is 0 Å². The van der Waals surface area contributed by atoms with E-state index in [1.807, 2.05) is 0 Å².